The molecule has 0 fully saturated rings. The molecule has 3 N–H and O–H groups in total. The van der Waals surface area contributed by atoms with E-state index in [4.69, 9.17) is 10.5 Å². The van der Waals surface area contributed by atoms with Gasteiger partial charge < -0.3 is 10.5 Å². The first-order valence-corrected chi connectivity index (χ1v) is 6.09. The Morgan fingerprint density at radius 3 is 2.40 bits per heavy atom. The lowest BCUT2D eigenvalue weighted by atomic mass is 10.1. The van der Waals surface area contributed by atoms with Gasteiger partial charge in [0.2, 0.25) is 0 Å². The van der Waals surface area contributed by atoms with Crippen molar-refractivity contribution < 1.29 is 14.3 Å². The lowest BCUT2D eigenvalue weighted by Gasteiger charge is -2.16. The quantitative estimate of drug-likeness (QED) is 0.860. The number of carbonyl (C=O) groups excluding carboxylic acids is 2. The SMILES string of the molecule is NC(=O)OC(Cc1ccccc1)C(=O)Nn1cccc1. The Morgan fingerprint density at radius 1 is 1.15 bits per heavy atom. The van der Waals surface area contributed by atoms with E-state index >= 15 is 0 Å². The Balaban J connectivity index is 2.06. The molecular weight excluding hydrogens is 258 g/mol. The molecule has 1 heterocycles. The highest BCUT2D eigenvalue weighted by molar-refractivity contribution is 5.89. The van der Waals surface area contributed by atoms with Crippen LogP contribution in [0, 0.1) is 0 Å². The highest BCUT2D eigenvalue weighted by atomic mass is 16.6. The number of nitrogens with two attached hydrogens (primary N) is 1. The molecule has 1 unspecified atom stereocenters. The predicted octanol–water partition coefficient (Wildman–Crippen LogP) is 1.26. The van der Waals surface area contributed by atoms with E-state index in [0.29, 0.717) is 0 Å². The molecule has 0 bridgehead atoms. The van der Waals surface area contributed by atoms with E-state index in [0.717, 1.165) is 5.56 Å². The lowest BCUT2D eigenvalue weighted by Crippen LogP contribution is -2.38. The second-order valence-electron chi connectivity index (χ2n) is 4.18. The maximum atomic E-state index is 12.1. The standard InChI is InChI=1S/C14H15N3O3/c15-14(19)20-12(10-11-6-2-1-3-7-11)13(18)16-17-8-4-5-9-17/h1-9,12H,10H2,(H2,15,19)(H,16,18). The number of amides is 2. The summed E-state index contributed by atoms with van der Waals surface area (Å²) in [6, 6.07) is 12.8. The van der Waals surface area contributed by atoms with Crippen molar-refractivity contribution in [3.05, 3.63) is 60.4 Å². The number of carbonyl (C=O) groups is 2. The molecule has 2 amide bonds. The monoisotopic (exact) mass is 273 g/mol. The zero-order chi connectivity index (χ0) is 14.4. The van der Waals surface area contributed by atoms with E-state index < -0.39 is 18.1 Å². The van der Waals surface area contributed by atoms with Crippen molar-refractivity contribution in [2.75, 3.05) is 5.43 Å². The van der Waals surface area contributed by atoms with Gasteiger partial charge in [-0.3, -0.25) is 14.9 Å². The third-order valence-electron chi connectivity index (χ3n) is 2.66. The summed E-state index contributed by atoms with van der Waals surface area (Å²) in [7, 11) is 0. The third-order valence-corrected chi connectivity index (χ3v) is 2.66. The van der Waals surface area contributed by atoms with Crippen LogP contribution in [-0.4, -0.2) is 22.8 Å². The summed E-state index contributed by atoms with van der Waals surface area (Å²) >= 11 is 0. The minimum atomic E-state index is -0.978. The topological polar surface area (TPSA) is 86.4 Å². The van der Waals surface area contributed by atoms with E-state index in [1.54, 1.807) is 24.5 Å². The minimum Gasteiger partial charge on any atom is -0.436 e. The van der Waals surface area contributed by atoms with Crippen molar-refractivity contribution in [2.24, 2.45) is 5.73 Å². The molecule has 0 saturated carbocycles. The van der Waals surface area contributed by atoms with Crippen LogP contribution >= 0.6 is 0 Å². The normalized spacial score (nSPS) is 11.6. The van der Waals surface area contributed by atoms with Gasteiger partial charge in [0.25, 0.3) is 5.91 Å². The molecule has 1 aromatic heterocycles. The predicted molar refractivity (Wildman–Crippen MR) is 73.4 cm³/mol. The smallest absolute Gasteiger partial charge is 0.405 e. The van der Waals surface area contributed by atoms with Gasteiger partial charge in [0.15, 0.2) is 6.10 Å². The number of benzene rings is 1. The molecule has 20 heavy (non-hydrogen) atoms. The van der Waals surface area contributed by atoms with Crippen molar-refractivity contribution in [1.29, 1.82) is 0 Å². The van der Waals surface area contributed by atoms with Crippen LogP contribution in [-0.2, 0) is 16.0 Å². The average molecular weight is 273 g/mol. The first kappa shape index (κ1) is 13.7. The second kappa shape index (κ2) is 6.42. The van der Waals surface area contributed by atoms with E-state index in [-0.39, 0.29) is 6.42 Å². The molecule has 2 aromatic rings. The summed E-state index contributed by atoms with van der Waals surface area (Å²) in [5.74, 6) is -0.441. The number of hydrogen-bond donors (Lipinski definition) is 2. The summed E-state index contributed by atoms with van der Waals surface area (Å²) in [6.07, 6.45) is 1.64. The van der Waals surface area contributed by atoms with Crippen LogP contribution < -0.4 is 11.2 Å². The first-order valence-electron chi connectivity index (χ1n) is 6.09. The zero-order valence-corrected chi connectivity index (χ0v) is 10.7. The van der Waals surface area contributed by atoms with Crippen molar-refractivity contribution >= 4 is 12.0 Å². The Morgan fingerprint density at radius 2 is 1.80 bits per heavy atom. The molecule has 1 aromatic carbocycles. The van der Waals surface area contributed by atoms with Gasteiger partial charge >= 0.3 is 6.09 Å². The number of rotatable bonds is 5. The Bertz CT molecular complexity index is 567. The van der Waals surface area contributed by atoms with Gasteiger partial charge in [0.1, 0.15) is 0 Å². The van der Waals surface area contributed by atoms with Gasteiger partial charge in [0, 0.05) is 18.8 Å². The van der Waals surface area contributed by atoms with Crippen LogP contribution in [0.4, 0.5) is 4.79 Å². The number of ether oxygens (including phenoxy) is 1. The van der Waals surface area contributed by atoms with Gasteiger partial charge in [-0.25, -0.2) is 4.79 Å². The fraction of sp³-hybridized carbons (Fsp3) is 0.143. The van der Waals surface area contributed by atoms with Gasteiger partial charge in [0.05, 0.1) is 0 Å². The van der Waals surface area contributed by atoms with E-state index in [1.807, 2.05) is 30.3 Å². The van der Waals surface area contributed by atoms with Gasteiger partial charge in [-0.2, -0.15) is 0 Å². The fourth-order valence-corrected chi connectivity index (χ4v) is 1.76. The third kappa shape index (κ3) is 3.88. The number of hydrogen-bond acceptors (Lipinski definition) is 3. The van der Waals surface area contributed by atoms with Crippen LogP contribution in [0.15, 0.2) is 54.9 Å². The van der Waals surface area contributed by atoms with Crippen LogP contribution in [0.1, 0.15) is 5.56 Å². The molecule has 1 atom stereocenters. The number of nitrogens with zero attached hydrogens (tertiary/aromatic N) is 1. The van der Waals surface area contributed by atoms with Crippen LogP contribution in [0.5, 0.6) is 0 Å². The molecular formula is C14H15N3O3. The molecule has 0 saturated heterocycles. The van der Waals surface area contributed by atoms with Crippen molar-refractivity contribution in [1.82, 2.24) is 4.68 Å². The van der Waals surface area contributed by atoms with E-state index in [9.17, 15) is 9.59 Å². The van der Waals surface area contributed by atoms with Crippen molar-refractivity contribution in [3.63, 3.8) is 0 Å². The molecule has 0 aliphatic carbocycles. The van der Waals surface area contributed by atoms with E-state index in [2.05, 4.69) is 5.43 Å². The summed E-state index contributed by atoms with van der Waals surface area (Å²) < 4.78 is 6.36. The molecule has 6 heteroatoms. The highest BCUT2D eigenvalue weighted by Gasteiger charge is 2.22. The maximum absolute atomic E-state index is 12.1. The number of primary amides is 1. The Kier molecular flexibility index (Phi) is 4.39. The van der Waals surface area contributed by atoms with Gasteiger partial charge in [-0.1, -0.05) is 30.3 Å². The van der Waals surface area contributed by atoms with Crippen LogP contribution in [0.25, 0.3) is 0 Å². The lowest BCUT2D eigenvalue weighted by molar-refractivity contribution is -0.125. The van der Waals surface area contributed by atoms with Crippen molar-refractivity contribution in [2.45, 2.75) is 12.5 Å². The van der Waals surface area contributed by atoms with Gasteiger partial charge in [-0.15, -0.1) is 0 Å². The molecule has 0 aliphatic rings. The van der Waals surface area contributed by atoms with Crippen LogP contribution in [0.3, 0.4) is 0 Å². The molecule has 0 spiro atoms. The Hall–Kier alpha value is -2.76. The summed E-state index contributed by atoms with van der Waals surface area (Å²) in [6.45, 7) is 0. The first-order chi connectivity index (χ1) is 9.65. The maximum Gasteiger partial charge on any atom is 0.405 e. The van der Waals surface area contributed by atoms with E-state index in [1.165, 1.54) is 4.68 Å². The summed E-state index contributed by atoms with van der Waals surface area (Å²) in [4.78, 5) is 23.0. The number of nitrogens with one attached hydrogen (secondary N) is 1. The van der Waals surface area contributed by atoms with Crippen LogP contribution in [0.2, 0.25) is 0 Å². The fourth-order valence-electron chi connectivity index (χ4n) is 1.76. The molecule has 0 radical (unpaired) electrons. The average Bonchev–Trinajstić information content (AvgIpc) is 2.91. The molecule has 2 rings (SSSR count). The number of aromatic nitrogens is 1. The largest absolute Gasteiger partial charge is 0.436 e. The molecule has 6 nitrogen and oxygen atoms in total. The summed E-state index contributed by atoms with van der Waals surface area (Å²) in [5, 5.41) is 0. The second-order valence-corrected chi connectivity index (χ2v) is 4.18. The molecule has 0 aliphatic heterocycles. The summed E-state index contributed by atoms with van der Waals surface area (Å²) in [5.41, 5.74) is 8.48. The highest BCUT2D eigenvalue weighted by Crippen LogP contribution is 2.07. The molecule has 104 valence electrons. The van der Waals surface area contributed by atoms with Gasteiger partial charge in [-0.05, 0) is 17.7 Å². The Labute approximate surface area is 116 Å². The van der Waals surface area contributed by atoms with Crippen molar-refractivity contribution in [3.8, 4) is 0 Å². The zero-order valence-electron chi connectivity index (χ0n) is 10.7. The minimum absolute atomic E-state index is 0.261.